The topological polar surface area (TPSA) is 103 Å². The molecule has 50 heavy (non-hydrogen) atoms. The Balaban J connectivity index is 1.39. The maximum atomic E-state index is 16.5. The minimum atomic E-state index is -4.22. The number of hydrogen-bond donors (Lipinski definition) is 0. The summed E-state index contributed by atoms with van der Waals surface area (Å²) in [5.74, 6) is 0.546. The molecule has 0 N–H and O–H groups in total. The van der Waals surface area contributed by atoms with Gasteiger partial charge in [-0.3, -0.25) is 4.79 Å². The summed E-state index contributed by atoms with van der Waals surface area (Å²) in [6.07, 6.45) is 1.93. The molecule has 1 fully saturated rings. The molecule has 2 aromatic heterocycles. The number of morpholine rings is 1. The van der Waals surface area contributed by atoms with Crippen molar-refractivity contribution >= 4 is 36.1 Å². The van der Waals surface area contributed by atoms with E-state index in [4.69, 9.17) is 19.2 Å². The highest BCUT2D eigenvalue weighted by Gasteiger charge is 2.30. The lowest BCUT2D eigenvalue weighted by Gasteiger charge is -2.32. The Morgan fingerprint density at radius 2 is 1.62 bits per heavy atom. The van der Waals surface area contributed by atoms with Crippen molar-refractivity contribution in [2.75, 3.05) is 33.9 Å². The number of halogens is 1. The smallest absolute Gasteiger partial charge is 0.243 e. The molecule has 10 nitrogen and oxygen atoms in total. The number of pyridine rings is 1. The molecule has 0 radical (unpaired) electrons. The molecule has 0 aliphatic carbocycles. The number of carbonyl (C=O) groups excluding carboxylic acids is 1. The minimum absolute atomic E-state index is 0.0320. The fourth-order valence-electron chi connectivity index (χ4n) is 6.18. The highest BCUT2D eigenvalue weighted by atomic mass is 32.2. The van der Waals surface area contributed by atoms with Gasteiger partial charge in [0.2, 0.25) is 15.9 Å². The lowest BCUT2D eigenvalue weighted by molar-refractivity contribution is -0.136. The van der Waals surface area contributed by atoms with E-state index in [-0.39, 0.29) is 35.6 Å². The molecule has 1 amide bonds. The van der Waals surface area contributed by atoms with Crippen molar-refractivity contribution in [3.05, 3.63) is 107 Å². The van der Waals surface area contributed by atoms with Gasteiger partial charge in [-0.05, 0) is 77.4 Å². The van der Waals surface area contributed by atoms with Crippen LogP contribution in [0.2, 0.25) is 0 Å². The van der Waals surface area contributed by atoms with Crippen LogP contribution in [0.15, 0.2) is 83.9 Å². The highest BCUT2D eigenvalue weighted by molar-refractivity contribution is 7.89. The summed E-state index contributed by atoms with van der Waals surface area (Å²) in [6.45, 7) is 4.89. The van der Waals surface area contributed by atoms with Gasteiger partial charge in [-0.25, -0.2) is 17.8 Å². The van der Waals surface area contributed by atoms with Crippen LogP contribution in [0.25, 0.3) is 16.9 Å². The number of ether oxygens (including phenoxy) is 3. The number of hydrogen-bond acceptors (Lipinski definition) is 7. The molecule has 1 saturated heterocycles. The summed E-state index contributed by atoms with van der Waals surface area (Å²) in [5.41, 5.74) is 4.36. The van der Waals surface area contributed by atoms with Crippen LogP contribution in [0.1, 0.15) is 29.3 Å². The summed E-state index contributed by atoms with van der Waals surface area (Å²) in [6, 6.07) is 20.7. The van der Waals surface area contributed by atoms with Gasteiger partial charge < -0.3 is 23.5 Å². The van der Waals surface area contributed by atoms with E-state index in [1.54, 1.807) is 67.7 Å². The first-order valence-corrected chi connectivity index (χ1v) is 18.2. The van der Waals surface area contributed by atoms with E-state index >= 15 is 4.39 Å². The minimum Gasteiger partial charge on any atom is -0.497 e. The Morgan fingerprint density at radius 1 is 1.00 bits per heavy atom. The molecule has 0 saturated carbocycles. The van der Waals surface area contributed by atoms with Gasteiger partial charge >= 0.3 is 0 Å². The second kappa shape index (κ2) is 14.9. The van der Waals surface area contributed by atoms with E-state index in [0.29, 0.717) is 60.0 Å². The second-order valence-corrected chi connectivity index (χ2v) is 14.9. The average molecular weight is 719 g/mol. The fraction of sp³-hybridized carbons (Fsp3) is 0.297. The van der Waals surface area contributed by atoms with Crippen LogP contribution in [0.3, 0.4) is 0 Å². The third kappa shape index (κ3) is 7.54. The number of carbonyl (C=O) groups is 1. The number of aryl methyl sites for hydroxylation is 1. The monoisotopic (exact) mass is 718 g/mol. The zero-order valence-corrected chi connectivity index (χ0v) is 30.4. The Bertz CT molecular complexity index is 2050. The number of fused-ring (bicyclic) bond motifs is 1. The van der Waals surface area contributed by atoms with Crippen LogP contribution in [0.5, 0.6) is 11.5 Å². The Hall–Kier alpha value is -4.35. The molecular formula is C37H40FN4O6PS. The van der Waals surface area contributed by atoms with Crippen LogP contribution >= 0.6 is 9.24 Å². The van der Waals surface area contributed by atoms with Crippen molar-refractivity contribution in [1.29, 1.82) is 0 Å². The molecule has 5 aromatic rings. The maximum absolute atomic E-state index is 16.5. The quantitative estimate of drug-likeness (QED) is 0.174. The predicted molar refractivity (Wildman–Crippen MR) is 193 cm³/mol. The number of imidazole rings is 1. The molecule has 1 unspecified atom stereocenters. The number of benzene rings is 3. The molecule has 1 aliphatic rings. The highest BCUT2D eigenvalue weighted by Crippen LogP contribution is 2.32. The first kappa shape index (κ1) is 35.5. The van der Waals surface area contributed by atoms with Gasteiger partial charge in [-0.15, -0.1) is 9.24 Å². The molecular weight excluding hydrogens is 678 g/mol. The molecule has 1 aliphatic heterocycles. The summed E-state index contributed by atoms with van der Waals surface area (Å²) in [7, 11) is 1.42. The average Bonchev–Trinajstić information content (AvgIpc) is 3.44. The summed E-state index contributed by atoms with van der Waals surface area (Å²) < 4.78 is 65.0. The summed E-state index contributed by atoms with van der Waals surface area (Å²) >= 11 is 0. The van der Waals surface area contributed by atoms with Crippen LogP contribution in [-0.4, -0.2) is 72.9 Å². The van der Waals surface area contributed by atoms with E-state index in [2.05, 4.69) is 9.24 Å². The first-order chi connectivity index (χ1) is 24.0. The van der Waals surface area contributed by atoms with Gasteiger partial charge in [0.1, 0.15) is 23.0 Å². The molecule has 2 atom stereocenters. The second-order valence-electron chi connectivity index (χ2n) is 12.3. The summed E-state index contributed by atoms with van der Waals surface area (Å²) in [5, 5.41) is 0.341. The molecule has 0 bridgehead atoms. The van der Waals surface area contributed by atoms with Gasteiger partial charge in [-0.2, -0.15) is 4.31 Å². The van der Waals surface area contributed by atoms with E-state index in [1.165, 1.54) is 17.3 Å². The largest absolute Gasteiger partial charge is 0.497 e. The number of amides is 1. The number of rotatable bonds is 11. The number of nitrogens with zero attached hydrogens (tertiary/aromatic N) is 4. The first-order valence-electron chi connectivity index (χ1n) is 16.2. The van der Waals surface area contributed by atoms with Crippen LogP contribution in [-0.2, 0) is 39.1 Å². The van der Waals surface area contributed by atoms with Crippen molar-refractivity contribution < 1.29 is 31.8 Å². The lowest BCUT2D eigenvalue weighted by atomic mass is 10.0. The van der Waals surface area contributed by atoms with E-state index in [1.807, 2.05) is 29.7 Å². The van der Waals surface area contributed by atoms with Crippen LogP contribution < -0.4 is 14.8 Å². The Kier molecular flexibility index (Phi) is 10.5. The number of aromatic nitrogens is 2. The molecule has 3 heterocycles. The van der Waals surface area contributed by atoms with Crippen molar-refractivity contribution in [3.8, 4) is 22.8 Å². The predicted octanol–water partition coefficient (Wildman–Crippen LogP) is 5.15. The molecule has 0 spiro atoms. The van der Waals surface area contributed by atoms with Crippen molar-refractivity contribution in [2.24, 2.45) is 0 Å². The van der Waals surface area contributed by atoms with Gasteiger partial charge in [0.25, 0.3) is 0 Å². The van der Waals surface area contributed by atoms with Gasteiger partial charge in [-0.1, -0.05) is 24.3 Å². The number of methoxy groups -OCH3 is 2. The zero-order chi connectivity index (χ0) is 35.6. The van der Waals surface area contributed by atoms with Gasteiger partial charge in [0.15, 0.2) is 0 Å². The molecule has 262 valence electrons. The SMILES string of the molecule is COc1ccc(CN(Cc2ccc(OC)cc2)S(=O)(=O)c2cc(F)c(-c3nc4cc(C)ccn4c3C[C@H]3CN(C(C)=O)CCO3)c(P)c2)cc1. The van der Waals surface area contributed by atoms with Crippen LogP contribution in [0.4, 0.5) is 4.39 Å². The van der Waals surface area contributed by atoms with Crippen molar-refractivity contribution in [2.45, 2.75) is 44.4 Å². The van der Waals surface area contributed by atoms with Crippen molar-refractivity contribution in [3.63, 3.8) is 0 Å². The third-order valence-corrected chi connectivity index (χ3v) is 11.1. The van der Waals surface area contributed by atoms with Crippen molar-refractivity contribution in [1.82, 2.24) is 18.6 Å². The summed E-state index contributed by atoms with van der Waals surface area (Å²) in [4.78, 5) is 18.5. The van der Waals surface area contributed by atoms with Crippen LogP contribution in [0, 0.1) is 12.7 Å². The maximum Gasteiger partial charge on any atom is 0.243 e. The fourth-order valence-corrected chi connectivity index (χ4v) is 8.22. The van der Waals surface area contributed by atoms with Gasteiger partial charge in [0.05, 0.1) is 43.2 Å². The lowest BCUT2D eigenvalue weighted by Crippen LogP contribution is -2.45. The number of sulfonamides is 1. The van der Waals surface area contributed by atoms with E-state index in [0.717, 1.165) is 22.8 Å². The van der Waals surface area contributed by atoms with Gasteiger partial charge in [0, 0.05) is 51.3 Å². The Morgan fingerprint density at radius 3 is 2.18 bits per heavy atom. The molecule has 6 rings (SSSR count). The zero-order valence-electron chi connectivity index (χ0n) is 28.4. The molecule has 13 heteroatoms. The van der Waals surface area contributed by atoms with E-state index < -0.39 is 15.8 Å². The third-order valence-electron chi connectivity index (χ3n) is 8.89. The molecule has 3 aromatic carbocycles. The normalized spacial score (nSPS) is 15.1. The Labute approximate surface area is 294 Å². The standard InChI is InChI=1S/C37H40FN4O6PS/c1-24-13-14-42-33(18-30-23-40(25(2)43)15-16-48-30)37(39-35(42)17-24)36-32(38)19-31(20-34(36)49)50(44,45)41(21-26-5-9-28(46-3)10-6-26)22-27-7-11-29(47-4)12-8-27/h5-14,17,19-20,30H,15-16,18,21-23,49H2,1-4H3/t30-/m0/s1. The van der Waals surface area contributed by atoms with E-state index in [9.17, 15) is 13.2 Å².